The van der Waals surface area contributed by atoms with E-state index in [4.69, 9.17) is 0 Å². The standard InChI is InChI=1S/C17H19FN6O.C5H10.C2H6O.2C2H6/c1-5-10(2)24-15-13(21-17(24)25)9-20-16(22-15)23(4)14-8-11(18)6-7-12(14)19-3;1-3-5-4-2;1-3-2;2*1-2/h5-9,19H,1-4H3,(H,21,25);3,5H,4H2,1-2H3;1-2H3;2*1-2H3/b10-5+;5-3-;;;. The van der Waals surface area contributed by atoms with Crippen molar-refractivity contribution in [3.63, 3.8) is 0 Å². The number of hydrogen-bond acceptors (Lipinski definition) is 6. The average molecular weight is 519 g/mol. The zero-order valence-electron chi connectivity index (χ0n) is 24.7. The number of aromatic amines is 1. The highest BCUT2D eigenvalue weighted by Gasteiger charge is 2.16. The van der Waals surface area contributed by atoms with E-state index in [1.807, 2.05) is 54.5 Å². The van der Waals surface area contributed by atoms with Crippen molar-refractivity contribution >= 4 is 34.2 Å². The molecule has 0 unspecified atom stereocenters. The second-order valence-electron chi connectivity index (χ2n) is 6.96. The van der Waals surface area contributed by atoms with Crippen LogP contribution in [0.3, 0.4) is 0 Å². The Hall–Kier alpha value is -3.46. The lowest BCUT2D eigenvalue weighted by molar-refractivity contribution is 0.277. The van der Waals surface area contributed by atoms with Crippen LogP contribution < -0.4 is 15.9 Å². The van der Waals surface area contributed by atoms with Crippen LogP contribution in [0, 0.1) is 5.82 Å². The first-order valence-corrected chi connectivity index (χ1v) is 12.6. The van der Waals surface area contributed by atoms with E-state index in [0.717, 1.165) is 17.8 Å². The van der Waals surface area contributed by atoms with Gasteiger partial charge in [-0.25, -0.2) is 18.7 Å². The van der Waals surface area contributed by atoms with Crippen molar-refractivity contribution in [2.45, 2.75) is 61.8 Å². The molecule has 208 valence electrons. The van der Waals surface area contributed by atoms with Crippen molar-refractivity contribution in [1.29, 1.82) is 0 Å². The molecule has 0 aliphatic carbocycles. The first kappa shape index (κ1) is 35.7. The van der Waals surface area contributed by atoms with E-state index in [-0.39, 0.29) is 11.5 Å². The minimum absolute atomic E-state index is 0.277. The summed E-state index contributed by atoms with van der Waals surface area (Å²) in [6, 6.07) is 4.43. The monoisotopic (exact) mass is 518 g/mol. The Kier molecular flexibility index (Phi) is 20.0. The first-order valence-electron chi connectivity index (χ1n) is 12.6. The third-order valence-electron chi connectivity index (χ3n) is 4.54. The Balaban J connectivity index is 0. The van der Waals surface area contributed by atoms with Crippen molar-refractivity contribution in [3.05, 3.63) is 58.9 Å². The minimum Gasteiger partial charge on any atom is -0.388 e. The van der Waals surface area contributed by atoms with Gasteiger partial charge in [-0.1, -0.05) is 52.8 Å². The van der Waals surface area contributed by atoms with Gasteiger partial charge >= 0.3 is 5.69 Å². The fraction of sp³-hybridized carbons (Fsp3) is 0.464. The number of rotatable bonds is 5. The predicted octanol–water partition coefficient (Wildman–Crippen LogP) is 7.24. The van der Waals surface area contributed by atoms with Crippen LogP contribution in [0.1, 0.15) is 61.8 Å². The molecule has 3 aromatic rings. The zero-order valence-corrected chi connectivity index (χ0v) is 24.7. The molecule has 0 atom stereocenters. The van der Waals surface area contributed by atoms with Crippen molar-refractivity contribution in [2.24, 2.45) is 0 Å². The van der Waals surface area contributed by atoms with Crippen LogP contribution in [0.2, 0.25) is 0 Å². The number of halogens is 1. The van der Waals surface area contributed by atoms with Crippen LogP contribution in [0.5, 0.6) is 0 Å². The number of H-pyrrole nitrogens is 1. The maximum atomic E-state index is 13.7. The molecule has 0 spiro atoms. The maximum absolute atomic E-state index is 13.7. The Morgan fingerprint density at radius 3 is 2.27 bits per heavy atom. The number of methoxy groups -OCH3 is 1. The fourth-order valence-electron chi connectivity index (χ4n) is 2.84. The maximum Gasteiger partial charge on any atom is 0.332 e. The van der Waals surface area contributed by atoms with Gasteiger partial charge in [0, 0.05) is 34.0 Å². The van der Waals surface area contributed by atoms with Gasteiger partial charge in [-0.15, -0.1) is 0 Å². The molecule has 0 bridgehead atoms. The van der Waals surface area contributed by atoms with Crippen LogP contribution in [-0.4, -0.2) is 47.8 Å². The number of hydrogen-bond donors (Lipinski definition) is 2. The van der Waals surface area contributed by atoms with Gasteiger partial charge in [0.05, 0.1) is 17.6 Å². The molecule has 0 saturated carbocycles. The van der Waals surface area contributed by atoms with Crippen molar-refractivity contribution in [2.75, 3.05) is 38.5 Å². The van der Waals surface area contributed by atoms with Gasteiger partial charge in [-0.05, 0) is 45.4 Å². The molecule has 9 heteroatoms. The normalized spacial score (nSPS) is 10.1. The smallest absolute Gasteiger partial charge is 0.332 e. The molecule has 3 rings (SSSR count). The third-order valence-corrected chi connectivity index (χ3v) is 4.54. The summed E-state index contributed by atoms with van der Waals surface area (Å²) in [5.74, 6) is -0.00325. The highest BCUT2D eigenvalue weighted by atomic mass is 19.1. The quantitative estimate of drug-likeness (QED) is 0.346. The Bertz CT molecular complexity index is 1140. The molecule has 0 radical (unpaired) electrons. The topological polar surface area (TPSA) is 88.1 Å². The molecule has 2 N–H and O–H groups in total. The molecule has 2 heterocycles. The van der Waals surface area contributed by atoms with E-state index in [1.54, 1.807) is 45.5 Å². The number of nitrogens with one attached hydrogen (secondary N) is 2. The van der Waals surface area contributed by atoms with Crippen molar-refractivity contribution in [3.8, 4) is 0 Å². The number of fused-ring (bicyclic) bond motifs is 1. The zero-order chi connectivity index (χ0) is 29.0. The highest BCUT2D eigenvalue weighted by molar-refractivity contribution is 5.78. The van der Waals surface area contributed by atoms with E-state index < -0.39 is 0 Å². The van der Waals surface area contributed by atoms with Gasteiger partial charge in [0.25, 0.3) is 0 Å². The van der Waals surface area contributed by atoms with E-state index in [1.165, 1.54) is 16.7 Å². The van der Waals surface area contributed by atoms with Gasteiger partial charge in [-0.2, -0.15) is 4.98 Å². The van der Waals surface area contributed by atoms with Crippen LogP contribution in [0.4, 0.5) is 21.7 Å². The lowest BCUT2D eigenvalue weighted by Gasteiger charge is -2.20. The summed E-state index contributed by atoms with van der Waals surface area (Å²) >= 11 is 0. The summed E-state index contributed by atoms with van der Waals surface area (Å²) in [5, 5.41) is 3.02. The van der Waals surface area contributed by atoms with Gasteiger partial charge in [-0.3, -0.25) is 0 Å². The SMILES string of the molecule is C/C=C(\C)n1c(=O)[nH]c2cnc(N(C)c3cc(F)ccc3NC)nc21.C/C=C\CC.CC.CC.COC. The summed E-state index contributed by atoms with van der Waals surface area (Å²) in [6.07, 6.45) is 8.72. The molecule has 0 saturated heterocycles. The number of anilines is 3. The summed E-state index contributed by atoms with van der Waals surface area (Å²) in [5.41, 5.74) is 2.82. The lowest BCUT2D eigenvalue weighted by atomic mass is 10.2. The van der Waals surface area contributed by atoms with Crippen molar-refractivity contribution < 1.29 is 9.13 Å². The third kappa shape index (κ3) is 11.0. The van der Waals surface area contributed by atoms with E-state index >= 15 is 0 Å². The summed E-state index contributed by atoms with van der Waals surface area (Å²) in [6.45, 7) is 15.8. The molecular formula is C28H47FN6O2. The molecule has 1 aromatic carbocycles. The molecule has 2 aromatic heterocycles. The second kappa shape index (κ2) is 20.7. The molecule has 0 amide bonds. The number of allylic oxidation sites excluding steroid dienone is 4. The summed E-state index contributed by atoms with van der Waals surface area (Å²) in [4.78, 5) is 25.4. The molecule has 0 aliphatic heterocycles. The van der Waals surface area contributed by atoms with Gasteiger partial charge in [0.15, 0.2) is 5.65 Å². The van der Waals surface area contributed by atoms with E-state index in [0.29, 0.717) is 22.8 Å². The lowest BCUT2D eigenvalue weighted by Crippen LogP contribution is -2.17. The van der Waals surface area contributed by atoms with Gasteiger partial charge in [0.2, 0.25) is 5.95 Å². The largest absolute Gasteiger partial charge is 0.388 e. The van der Waals surface area contributed by atoms with Crippen LogP contribution in [0.15, 0.2) is 47.4 Å². The van der Waals surface area contributed by atoms with Crippen LogP contribution in [-0.2, 0) is 4.74 Å². The average Bonchev–Trinajstić information content (AvgIpc) is 3.26. The number of ether oxygens (including phenoxy) is 1. The Morgan fingerprint density at radius 1 is 1.22 bits per heavy atom. The predicted molar refractivity (Wildman–Crippen MR) is 159 cm³/mol. The molecule has 0 aliphatic rings. The molecule has 0 fully saturated rings. The molecule has 8 nitrogen and oxygen atoms in total. The summed E-state index contributed by atoms with van der Waals surface area (Å²) in [7, 11) is 6.75. The van der Waals surface area contributed by atoms with Gasteiger partial charge in [0.1, 0.15) is 11.3 Å². The van der Waals surface area contributed by atoms with Gasteiger partial charge < -0.3 is 19.9 Å². The number of nitrogens with zero attached hydrogens (tertiary/aromatic N) is 4. The van der Waals surface area contributed by atoms with E-state index in [2.05, 4.69) is 44.1 Å². The fourth-order valence-corrected chi connectivity index (χ4v) is 2.84. The van der Waals surface area contributed by atoms with Crippen LogP contribution >= 0.6 is 0 Å². The highest BCUT2D eigenvalue weighted by Crippen LogP contribution is 2.30. The number of imidazole rings is 1. The van der Waals surface area contributed by atoms with Crippen LogP contribution in [0.25, 0.3) is 16.9 Å². The minimum atomic E-state index is -0.356. The number of benzene rings is 1. The molecular weight excluding hydrogens is 471 g/mol. The summed E-state index contributed by atoms with van der Waals surface area (Å²) < 4.78 is 19.4. The Morgan fingerprint density at radius 2 is 1.81 bits per heavy atom. The Labute approximate surface area is 222 Å². The first-order chi connectivity index (χ1) is 17.8. The van der Waals surface area contributed by atoms with E-state index in [9.17, 15) is 9.18 Å². The van der Waals surface area contributed by atoms with Crippen molar-refractivity contribution in [1.82, 2.24) is 19.5 Å². The number of aromatic nitrogens is 4. The molecule has 37 heavy (non-hydrogen) atoms. The second-order valence-corrected chi connectivity index (χ2v) is 6.96.